The van der Waals surface area contributed by atoms with Crippen LogP contribution in [0.5, 0.6) is 0 Å². The molecule has 1 aliphatic heterocycles. The van der Waals surface area contributed by atoms with Gasteiger partial charge in [-0.3, -0.25) is 9.59 Å². The molecule has 1 N–H and O–H groups in total. The maximum absolute atomic E-state index is 11.1. The first-order valence-electron chi connectivity index (χ1n) is 6.74. The Morgan fingerprint density at radius 3 is 2.20 bits per heavy atom. The van der Waals surface area contributed by atoms with E-state index in [1.807, 2.05) is 26.8 Å². The third kappa shape index (κ3) is 4.41. The van der Waals surface area contributed by atoms with Gasteiger partial charge in [0.2, 0.25) is 0 Å². The lowest BCUT2D eigenvalue weighted by atomic mass is 9.89. The van der Waals surface area contributed by atoms with Gasteiger partial charge in [0.05, 0.1) is 5.41 Å². The highest BCUT2D eigenvalue weighted by molar-refractivity contribution is 5.82. The van der Waals surface area contributed by atoms with Crippen molar-refractivity contribution in [3.8, 4) is 11.8 Å². The van der Waals surface area contributed by atoms with Crippen LogP contribution < -0.4 is 0 Å². The first-order chi connectivity index (χ1) is 9.15. The summed E-state index contributed by atoms with van der Waals surface area (Å²) in [4.78, 5) is 21.6. The van der Waals surface area contributed by atoms with Gasteiger partial charge >= 0.3 is 11.9 Å². The Morgan fingerprint density at radius 1 is 1.50 bits per heavy atom. The SMILES string of the molecule is CC#CC(C)(CC)C(=O)O.CCC1(C)C=C(C)OC1=O. The van der Waals surface area contributed by atoms with Crippen molar-refractivity contribution >= 4 is 11.9 Å². The van der Waals surface area contributed by atoms with E-state index in [-0.39, 0.29) is 11.4 Å². The fraction of sp³-hybridized carbons (Fsp3) is 0.625. The predicted molar refractivity (Wildman–Crippen MR) is 77.7 cm³/mol. The average molecular weight is 280 g/mol. The maximum atomic E-state index is 11.1. The van der Waals surface area contributed by atoms with Crippen molar-refractivity contribution < 1.29 is 19.4 Å². The number of cyclic esters (lactones) is 1. The zero-order valence-corrected chi connectivity index (χ0v) is 13.2. The molecule has 4 heteroatoms. The van der Waals surface area contributed by atoms with Crippen molar-refractivity contribution in [1.82, 2.24) is 0 Å². The molecule has 112 valence electrons. The van der Waals surface area contributed by atoms with Crippen LogP contribution in [-0.4, -0.2) is 17.0 Å². The molecule has 0 aromatic heterocycles. The van der Waals surface area contributed by atoms with Gasteiger partial charge in [0.15, 0.2) is 0 Å². The zero-order chi connectivity index (χ0) is 16.0. The molecule has 0 fully saturated rings. The van der Waals surface area contributed by atoms with Gasteiger partial charge in [-0.05, 0) is 46.6 Å². The van der Waals surface area contributed by atoms with E-state index in [4.69, 9.17) is 9.84 Å². The van der Waals surface area contributed by atoms with E-state index in [2.05, 4.69) is 11.8 Å². The Balaban J connectivity index is 0.000000361. The topological polar surface area (TPSA) is 63.6 Å². The molecule has 4 nitrogen and oxygen atoms in total. The number of carboxylic acid groups (broad SMARTS) is 1. The van der Waals surface area contributed by atoms with Gasteiger partial charge in [0, 0.05) is 0 Å². The van der Waals surface area contributed by atoms with Crippen LogP contribution in [0.4, 0.5) is 0 Å². The maximum Gasteiger partial charge on any atom is 0.321 e. The minimum absolute atomic E-state index is 0.118. The molecule has 0 saturated carbocycles. The van der Waals surface area contributed by atoms with Crippen LogP contribution in [-0.2, 0) is 14.3 Å². The van der Waals surface area contributed by atoms with Crippen LogP contribution in [0.1, 0.15) is 54.4 Å². The van der Waals surface area contributed by atoms with Crippen LogP contribution in [0.15, 0.2) is 11.8 Å². The molecule has 1 rings (SSSR count). The lowest BCUT2D eigenvalue weighted by molar-refractivity contribution is -0.145. The van der Waals surface area contributed by atoms with Gasteiger partial charge in [0.1, 0.15) is 11.2 Å². The fourth-order valence-electron chi connectivity index (χ4n) is 1.62. The summed E-state index contributed by atoms with van der Waals surface area (Å²) in [6, 6.07) is 0. The molecule has 1 aliphatic rings. The highest BCUT2D eigenvalue weighted by Gasteiger charge is 2.36. The number of carbonyl (C=O) groups excluding carboxylic acids is 1. The van der Waals surface area contributed by atoms with E-state index in [0.29, 0.717) is 6.42 Å². The molecule has 20 heavy (non-hydrogen) atoms. The number of esters is 1. The lowest BCUT2D eigenvalue weighted by Gasteiger charge is -2.14. The number of carbonyl (C=O) groups is 2. The van der Waals surface area contributed by atoms with Crippen molar-refractivity contribution in [2.45, 2.75) is 54.4 Å². The molecule has 0 aromatic rings. The first kappa shape index (κ1) is 18.2. The van der Waals surface area contributed by atoms with Gasteiger partial charge in [-0.2, -0.15) is 0 Å². The second-order valence-corrected chi connectivity index (χ2v) is 5.28. The summed E-state index contributed by atoms with van der Waals surface area (Å²) in [7, 11) is 0. The van der Waals surface area contributed by atoms with Crippen molar-refractivity contribution in [3.05, 3.63) is 11.8 Å². The third-order valence-electron chi connectivity index (χ3n) is 3.56. The van der Waals surface area contributed by atoms with Crippen molar-refractivity contribution in [2.75, 3.05) is 0 Å². The van der Waals surface area contributed by atoms with E-state index in [1.54, 1.807) is 20.8 Å². The van der Waals surface area contributed by atoms with Crippen molar-refractivity contribution in [3.63, 3.8) is 0 Å². The van der Waals surface area contributed by atoms with Crippen LogP contribution in [0.25, 0.3) is 0 Å². The van der Waals surface area contributed by atoms with E-state index in [0.717, 1.165) is 12.2 Å². The van der Waals surface area contributed by atoms with E-state index in [1.165, 1.54) is 0 Å². The first-order valence-corrected chi connectivity index (χ1v) is 6.74. The van der Waals surface area contributed by atoms with Gasteiger partial charge in [0.25, 0.3) is 0 Å². The molecule has 0 aliphatic carbocycles. The molecule has 0 bridgehead atoms. The summed E-state index contributed by atoms with van der Waals surface area (Å²) in [5.41, 5.74) is -1.21. The van der Waals surface area contributed by atoms with Crippen molar-refractivity contribution in [2.24, 2.45) is 10.8 Å². The fourth-order valence-corrected chi connectivity index (χ4v) is 1.62. The number of aliphatic carboxylic acids is 1. The van der Waals surface area contributed by atoms with E-state index < -0.39 is 11.4 Å². The second-order valence-electron chi connectivity index (χ2n) is 5.28. The number of hydrogen-bond acceptors (Lipinski definition) is 3. The quantitative estimate of drug-likeness (QED) is 0.636. The Hall–Kier alpha value is -1.76. The minimum atomic E-state index is -0.852. The molecule has 0 amide bonds. The van der Waals surface area contributed by atoms with Crippen LogP contribution >= 0.6 is 0 Å². The molecule has 2 atom stereocenters. The molecule has 0 radical (unpaired) electrons. The summed E-state index contributed by atoms with van der Waals surface area (Å²) in [5.74, 6) is 5.04. The number of carboxylic acids is 1. The van der Waals surface area contributed by atoms with Gasteiger partial charge in [-0.1, -0.05) is 19.8 Å². The van der Waals surface area contributed by atoms with Crippen LogP contribution in [0.3, 0.4) is 0 Å². The number of hydrogen-bond donors (Lipinski definition) is 1. The normalized spacial score (nSPS) is 23.3. The van der Waals surface area contributed by atoms with E-state index in [9.17, 15) is 9.59 Å². The second kappa shape index (κ2) is 7.14. The summed E-state index contributed by atoms with van der Waals surface area (Å²) in [6.07, 6.45) is 3.24. The Bertz CT molecular complexity index is 467. The lowest BCUT2D eigenvalue weighted by Crippen LogP contribution is -2.24. The summed E-state index contributed by atoms with van der Waals surface area (Å²) < 4.78 is 4.89. The Labute approximate surface area is 121 Å². The van der Waals surface area contributed by atoms with Crippen molar-refractivity contribution in [1.29, 1.82) is 0 Å². The molecule has 0 spiro atoms. The number of rotatable bonds is 3. The summed E-state index contributed by atoms with van der Waals surface area (Å²) in [6.45, 7) is 10.8. The predicted octanol–water partition coefficient (Wildman–Crippen LogP) is 3.37. The zero-order valence-electron chi connectivity index (χ0n) is 13.2. The molecular formula is C16H24O4. The van der Waals surface area contributed by atoms with Crippen LogP contribution in [0.2, 0.25) is 0 Å². The van der Waals surface area contributed by atoms with Crippen LogP contribution in [0, 0.1) is 22.7 Å². The highest BCUT2D eigenvalue weighted by atomic mass is 16.5. The number of ether oxygens (including phenoxy) is 1. The van der Waals surface area contributed by atoms with Gasteiger partial charge < -0.3 is 9.84 Å². The third-order valence-corrected chi connectivity index (χ3v) is 3.56. The van der Waals surface area contributed by atoms with E-state index >= 15 is 0 Å². The molecular weight excluding hydrogens is 256 g/mol. The standard InChI is InChI=1S/2C8H12O2/c1-4-8(3)5-6(2)10-7(8)9;1-4-6-8(3,5-2)7(9)10/h5H,4H2,1-3H3;5H2,1-3H3,(H,9,10). The summed E-state index contributed by atoms with van der Waals surface area (Å²) >= 11 is 0. The molecule has 0 saturated heterocycles. The average Bonchev–Trinajstić information content (AvgIpc) is 2.64. The summed E-state index contributed by atoms with van der Waals surface area (Å²) in [5, 5.41) is 8.66. The minimum Gasteiger partial charge on any atom is -0.480 e. The molecule has 2 unspecified atom stereocenters. The van der Waals surface area contributed by atoms with Gasteiger partial charge in [-0.15, -0.1) is 5.92 Å². The van der Waals surface area contributed by atoms with Gasteiger partial charge in [-0.25, -0.2) is 0 Å². The monoisotopic (exact) mass is 280 g/mol. The number of allylic oxidation sites excluding steroid dienone is 1. The molecule has 1 heterocycles. The smallest absolute Gasteiger partial charge is 0.321 e. The largest absolute Gasteiger partial charge is 0.480 e. The Kier molecular flexibility index (Phi) is 6.51. The Morgan fingerprint density at radius 2 is 2.05 bits per heavy atom. The molecule has 0 aromatic carbocycles. The highest BCUT2D eigenvalue weighted by Crippen LogP contribution is 2.32.